The zero-order valence-corrected chi connectivity index (χ0v) is 19.4. The van der Waals surface area contributed by atoms with Crippen molar-refractivity contribution in [3.63, 3.8) is 0 Å². The van der Waals surface area contributed by atoms with Crippen molar-refractivity contribution in [2.45, 2.75) is 9.79 Å². The van der Waals surface area contributed by atoms with Crippen molar-refractivity contribution in [1.29, 1.82) is 0 Å². The van der Waals surface area contributed by atoms with Crippen molar-refractivity contribution in [3.8, 4) is 0 Å². The highest BCUT2D eigenvalue weighted by Crippen LogP contribution is 2.33. The highest BCUT2D eigenvalue weighted by Gasteiger charge is 2.33. The number of ether oxygens (including phenoxy) is 1. The van der Waals surface area contributed by atoms with Crippen LogP contribution in [0.3, 0.4) is 0 Å². The number of nitro groups is 1. The third kappa shape index (κ3) is 4.73. The predicted octanol–water partition coefficient (Wildman–Crippen LogP) is 1.13. The number of hydrogen-bond acceptors (Lipinski definition) is 8. The summed E-state index contributed by atoms with van der Waals surface area (Å²) in [6.07, 6.45) is 0. The maximum atomic E-state index is 12.9. The van der Waals surface area contributed by atoms with Crippen molar-refractivity contribution in [2.24, 2.45) is 0 Å². The quantitative estimate of drug-likeness (QED) is 0.430. The lowest BCUT2D eigenvalue weighted by atomic mass is 10.2. The molecular weight excluding hydrogens is 472 g/mol. The van der Waals surface area contributed by atoms with Crippen LogP contribution in [0.4, 0.5) is 11.4 Å². The molecule has 2 aromatic carbocycles. The fourth-order valence-corrected chi connectivity index (χ4v) is 6.80. The van der Waals surface area contributed by atoms with E-state index in [9.17, 15) is 26.9 Å². The first kappa shape index (κ1) is 23.6. The maximum absolute atomic E-state index is 12.9. The van der Waals surface area contributed by atoms with E-state index in [1.54, 1.807) is 23.1 Å². The van der Waals surface area contributed by atoms with Gasteiger partial charge in [-0.05, 0) is 24.3 Å². The molecule has 0 unspecified atom stereocenters. The molecule has 178 valence electrons. The first-order chi connectivity index (χ1) is 15.7. The number of rotatable bonds is 6. The average Bonchev–Trinajstić information content (AvgIpc) is 2.85. The van der Waals surface area contributed by atoms with Gasteiger partial charge in [-0.2, -0.15) is 8.61 Å². The van der Waals surface area contributed by atoms with Gasteiger partial charge in [0.05, 0.1) is 27.9 Å². The van der Waals surface area contributed by atoms with Gasteiger partial charge >= 0.3 is 0 Å². The molecule has 0 N–H and O–H groups in total. The molecule has 11 nitrogen and oxygen atoms in total. The standard InChI is InChI=1S/C20H24N4O7S2/c25-24(26)20-16-18(33(29,30)23-12-14-31-15-13-23)6-7-19(20)21-8-10-22(11-9-21)32(27,28)17-4-2-1-3-5-17/h1-7,16H,8-15H2. The van der Waals surface area contributed by atoms with Crippen molar-refractivity contribution in [2.75, 3.05) is 57.4 Å². The van der Waals surface area contributed by atoms with Gasteiger partial charge in [-0.1, -0.05) is 18.2 Å². The molecule has 0 bridgehead atoms. The minimum atomic E-state index is -3.88. The van der Waals surface area contributed by atoms with Crippen LogP contribution in [0, 0.1) is 10.1 Å². The van der Waals surface area contributed by atoms with E-state index >= 15 is 0 Å². The van der Waals surface area contributed by atoms with Gasteiger partial charge in [0.15, 0.2) is 0 Å². The highest BCUT2D eigenvalue weighted by atomic mass is 32.2. The van der Waals surface area contributed by atoms with Crippen LogP contribution in [0.5, 0.6) is 0 Å². The Hall–Kier alpha value is -2.58. The minimum Gasteiger partial charge on any atom is -0.379 e. The number of benzene rings is 2. The second kappa shape index (κ2) is 9.35. The molecule has 0 radical (unpaired) electrons. The first-order valence-corrected chi connectivity index (χ1v) is 13.3. The normalized spacial score (nSPS) is 18.8. The topological polar surface area (TPSA) is 130 Å². The Morgan fingerprint density at radius 2 is 1.33 bits per heavy atom. The lowest BCUT2D eigenvalue weighted by Crippen LogP contribution is -2.48. The average molecular weight is 497 g/mol. The zero-order chi connectivity index (χ0) is 23.6. The van der Waals surface area contributed by atoms with Gasteiger partial charge in [0, 0.05) is 45.3 Å². The Morgan fingerprint density at radius 1 is 0.758 bits per heavy atom. The molecule has 0 atom stereocenters. The molecule has 33 heavy (non-hydrogen) atoms. The van der Waals surface area contributed by atoms with Gasteiger partial charge in [0.1, 0.15) is 5.69 Å². The molecule has 0 aromatic heterocycles. The number of nitro benzene ring substituents is 1. The summed E-state index contributed by atoms with van der Waals surface area (Å²) in [6.45, 7) is 1.71. The van der Waals surface area contributed by atoms with E-state index in [0.29, 0.717) is 0 Å². The number of piperazine rings is 1. The Balaban J connectivity index is 1.55. The SMILES string of the molecule is O=[N+]([O-])c1cc(S(=O)(=O)N2CCOCC2)ccc1N1CCN(S(=O)(=O)c2ccccc2)CC1. The molecule has 0 spiro atoms. The maximum Gasteiger partial charge on any atom is 0.293 e. The Morgan fingerprint density at radius 3 is 1.94 bits per heavy atom. The Labute approximate surface area is 192 Å². The van der Waals surface area contributed by atoms with E-state index in [2.05, 4.69) is 0 Å². The summed E-state index contributed by atoms with van der Waals surface area (Å²) in [7, 11) is -7.54. The van der Waals surface area contributed by atoms with Crippen molar-refractivity contribution in [1.82, 2.24) is 8.61 Å². The molecule has 2 heterocycles. The van der Waals surface area contributed by atoms with Crippen molar-refractivity contribution >= 4 is 31.4 Å². The fourth-order valence-electron chi connectivity index (χ4n) is 3.92. The van der Waals surface area contributed by atoms with Crippen LogP contribution in [0.25, 0.3) is 0 Å². The van der Waals surface area contributed by atoms with E-state index in [1.807, 2.05) is 0 Å². The molecule has 2 saturated heterocycles. The second-order valence-corrected chi connectivity index (χ2v) is 11.5. The highest BCUT2D eigenvalue weighted by molar-refractivity contribution is 7.89. The van der Waals surface area contributed by atoms with Crippen LogP contribution in [0.15, 0.2) is 58.3 Å². The summed E-state index contributed by atoms with van der Waals surface area (Å²) in [6, 6.07) is 12.0. The van der Waals surface area contributed by atoms with Gasteiger partial charge in [-0.3, -0.25) is 10.1 Å². The van der Waals surface area contributed by atoms with Gasteiger partial charge in [-0.25, -0.2) is 16.8 Å². The molecule has 0 saturated carbocycles. The molecule has 2 aliphatic rings. The molecule has 2 aliphatic heterocycles. The zero-order valence-electron chi connectivity index (χ0n) is 17.7. The van der Waals surface area contributed by atoms with E-state index in [4.69, 9.17) is 4.74 Å². The van der Waals surface area contributed by atoms with Crippen LogP contribution in [0.1, 0.15) is 0 Å². The molecule has 13 heteroatoms. The minimum absolute atomic E-state index is 0.148. The van der Waals surface area contributed by atoms with Crippen molar-refractivity contribution < 1.29 is 26.5 Å². The lowest BCUT2D eigenvalue weighted by molar-refractivity contribution is -0.384. The van der Waals surface area contributed by atoms with E-state index in [-0.39, 0.29) is 73.6 Å². The molecule has 4 rings (SSSR count). The van der Waals surface area contributed by atoms with Crippen LogP contribution < -0.4 is 4.90 Å². The lowest BCUT2D eigenvalue weighted by Gasteiger charge is -2.35. The predicted molar refractivity (Wildman–Crippen MR) is 120 cm³/mol. The van der Waals surface area contributed by atoms with Crippen LogP contribution in [0.2, 0.25) is 0 Å². The first-order valence-electron chi connectivity index (χ1n) is 10.4. The fraction of sp³-hybridized carbons (Fsp3) is 0.400. The summed E-state index contributed by atoms with van der Waals surface area (Å²) in [5, 5.41) is 11.8. The monoisotopic (exact) mass is 496 g/mol. The van der Waals surface area contributed by atoms with Gasteiger partial charge in [-0.15, -0.1) is 0 Å². The Kier molecular flexibility index (Phi) is 6.68. The summed E-state index contributed by atoms with van der Waals surface area (Å²) in [5.74, 6) is 0. The van der Waals surface area contributed by atoms with Crippen molar-refractivity contribution in [3.05, 3.63) is 58.6 Å². The molecule has 0 aliphatic carbocycles. The van der Waals surface area contributed by atoms with Crippen LogP contribution in [-0.4, -0.2) is 82.9 Å². The van der Waals surface area contributed by atoms with E-state index < -0.39 is 25.0 Å². The second-order valence-electron chi connectivity index (χ2n) is 7.63. The molecule has 2 aromatic rings. The summed E-state index contributed by atoms with van der Waals surface area (Å²) in [4.78, 5) is 12.9. The number of hydrogen-bond donors (Lipinski definition) is 0. The van der Waals surface area contributed by atoms with Crippen LogP contribution >= 0.6 is 0 Å². The van der Waals surface area contributed by atoms with E-state index in [1.165, 1.54) is 32.9 Å². The molecular formula is C20H24N4O7S2. The number of nitrogens with zero attached hydrogens (tertiary/aromatic N) is 4. The van der Waals surface area contributed by atoms with Crippen LogP contribution in [-0.2, 0) is 24.8 Å². The Bertz CT molecular complexity index is 1220. The van der Waals surface area contributed by atoms with Gasteiger partial charge in [0.25, 0.3) is 5.69 Å². The summed E-state index contributed by atoms with van der Waals surface area (Å²) < 4.78 is 59.2. The third-order valence-electron chi connectivity index (χ3n) is 5.71. The number of morpholine rings is 1. The largest absolute Gasteiger partial charge is 0.379 e. The van der Waals surface area contributed by atoms with Gasteiger partial charge in [0.2, 0.25) is 20.0 Å². The third-order valence-corrected chi connectivity index (χ3v) is 9.52. The summed E-state index contributed by atoms with van der Waals surface area (Å²) >= 11 is 0. The summed E-state index contributed by atoms with van der Waals surface area (Å²) in [5.41, 5.74) is -0.0682. The van der Waals surface area contributed by atoms with Gasteiger partial charge < -0.3 is 9.64 Å². The number of sulfonamides is 2. The van der Waals surface area contributed by atoms with E-state index in [0.717, 1.165) is 6.07 Å². The smallest absolute Gasteiger partial charge is 0.293 e. The molecule has 0 amide bonds. The molecule has 2 fully saturated rings. The number of anilines is 1.